The van der Waals surface area contributed by atoms with E-state index in [1.165, 1.54) is 5.56 Å². The van der Waals surface area contributed by atoms with E-state index in [0.717, 1.165) is 34.4 Å². The fourth-order valence-electron chi connectivity index (χ4n) is 4.94. The molecule has 2 atom stereocenters. The number of benzene rings is 2. The molecule has 6 nitrogen and oxygen atoms in total. The molecule has 1 fully saturated rings. The highest BCUT2D eigenvalue weighted by atomic mass is 16.2. The second-order valence-electron chi connectivity index (χ2n) is 9.20. The first kappa shape index (κ1) is 21.2. The zero-order valence-electron chi connectivity index (χ0n) is 19.2. The van der Waals surface area contributed by atoms with Crippen molar-refractivity contribution < 1.29 is 9.59 Å². The van der Waals surface area contributed by atoms with Crippen molar-refractivity contribution in [1.29, 1.82) is 0 Å². The minimum atomic E-state index is -0.0832. The molecule has 33 heavy (non-hydrogen) atoms. The molecule has 5 rings (SSSR count). The van der Waals surface area contributed by atoms with E-state index in [1.807, 2.05) is 52.2 Å². The predicted octanol–water partition coefficient (Wildman–Crippen LogP) is 5.15. The zero-order chi connectivity index (χ0) is 23.1. The van der Waals surface area contributed by atoms with E-state index < -0.39 is 0 Å². The molecule has 3 heterocycles. The van der Waals surface area contributed by atoms with E-state index in [2.05, 4.69) is 42.0 Å². The smallest absolute Gasteiger partial charge is 0.243 e. The van der Waals surface area contributed by atoms with Crippen LogP contribution in [0.25, 0.3) is 22.2 Å². The van der Waals surface area contributed by atoms with Gasteiger partial charge >= 0.3 is 0 Å². The van der Waals surface area contributed by atoms with Crippen LogP contribution in [0.1, 0.15) is 48.1 Å². The standard InChI is InChI=1S/C27H28N4O2/c1-17-7-6-8-20(11-17)23-13-28-27(29-23)25-12-18(2)14-31(25)26(33)16-30-15-22(19(3)32)21-9-4-5-10-24(21)30/h4-11,13,15,18,25H,12,14,16H2,1-3H3,(H,28,29)/t18?,25-/m0/s1. The number of H-pyrrole nitrogens is 1. The number of likely N-dealkylation sites (tertiary alicyclic amines) is 1. The number of Topliss-reactive ketones (excluding diaryl/α,β-unsaturated/α-hetero) is 1. The van der Waals surface area contributed by atoms with Gasteiger partial charge in [-0.3, -0.25) is 9.59 Å². The van der Waals surface area contributed by atoms with Gasteiger partial charge in [-0.2, -0.15) is 0 Å². The molecule has 1 saturated heterocycles. The Kier molecular flexibility index (Phi) is 5.36. The van der Waals surface area contributed by atoms with E-state index in [4.69, 9.17) is 0 Å². The molecule has 6 heteroatoms. The summed E-state index contributed by atoms with van der Waals surface area (Å²) in [7, 11) is 0. The average molecular weight is 441 g/mol. The number of amides is 1. The van der Waals surface area contributed by atoms with Crippen LogP contribution in [0.5, 0.6) is 0 Å². The van der Waals surface area contributed by atoms with Gasteiger partial charge in [-0.15, -0.1) is 0 Å². The Hall–Kier alpha value is -3.67. The molecular weight excluding hydrogens is 412 g/mol. The number of ketones is 1. The number of rotatable bonds is 5. The first-order valence-electron chi connectivity index (χ1n) is 11.4. The lowest BCUT2D eigenvalue weighted by Crippen LogP contribution is -2.34. The summed E-state index contributed by atoms with van der Waals surface area (Å²) in [5.74, 6) is 1.25. The number of carbonyl (C=O) groups is 2. The van der Waals surface area contributed by atoms with Gasteiger partial charge in [-0.05, 0) is 43.9 Å². The lowest BCUT2D eigenvalue weighted by Gasteiger charge is -2.23. The third kappa shape index (κ3) is 3.97. The molecule has 0 bridgehead atoms. The number of carbonyl (C=O) groups excluding carboxylic acids is 2. The van der Waals surface area contributed by atoms with Gasteiger partial charge < -0.3 is 14.5 Å². The molecule has 4 aromatic rings. The number of hydrogen-bond donors (Lipinski definition) is 1. The van der Waals surface area contributed by atoms with Crippen molar-refractivity contribution in [3.63, 3.8) is 0 Å². The Morgan fingerprint density at radius 2 is 1.97 bits per heavy atom. The maximum absolute atomic E-state index is 13.5. The number of fused-ring (bicyclic) bond motifs is 1. The fourth-order valence-corrected chi connectivity index (χ4v) is 4.94. The van der Waals surface area contributed by atoms with E-state index >= 15 is 0 Å². The monoisotopic (exact) mass is 440 g/mol. The van der Waals surface area contributed by atoms with Crippen LogP contribution in [0.3, 0.4) is 0 Å². The number of aryl methyl sites for hydroxylation is 1. The van der Waals surface area contributed by atoms with Crippen LogP contribution in [0.4, 0.5) is 0 Å². The van der Waals surface area contributed by atoms with Gasteiger partial charge in [-0.25, -0.2) is 4.98 Å². The minimum absolute atomic E-state index is 0.00401. The normalized spacial score (nSPS) is 18.2. The van der Waals surface area contributed by atoms with Crippen molar-refractivity contribution in [3.8, 4) is 11.3 Å². The Bertz CT molecular complexity index is 1350. The minimum Gasteiger partial charge on any atom is -0.340 e. The third-order valence-electron chi connectivity index (χ3n) is 6.54. The van der Waals surface area contributed by atoms with E-state index in [0.29, 0.717) is 18.0 Å². The summed E-state index contributed by atoms with van der Waals surface area (Å²) in [6.07, 6.45) is 4.54. The number of nitrogens with one attached hydrogen (secondary N) is 1. The summed E-state index contributed by atoms with van der Waals surface area (Å²) in [5.41, 5.74) is 4.80. The number of imidazole rings is 1. The van der Waals surface area contributed by atoms with Crippen LogP contribution >= 0.6 is 0 Å². The molecule has 0 aliphatic carbocycles. The summed E-state index contributed by atoms with van der Waals surface area (Å²) >= 11 is 0. The van der Waals surface area contributed by atoms with Gasteiger partial charge in [0.25, 0.3) is 0 Å². The van der Waals surface area contributed by atoms with Gasteiger partial charge in [-0.1, -0.05) is 48.9 Å². The molecule has 2 aromatic heterocycles. The Morgan fingerprint density at radius 1 is 1.15 bits per heavy atom. The maximum Gasteiger partial charge on any atom is 0.243 e. The maximum atomic E-state index is 13.5. The highest BCUT2D eigenvalue weighted by Gasteiger charge is 2.36. The van der Waals surface area contributed by atoms with Crippen molar-refractivity contribution in [3.05, 3.63) is 77.9 Å². The van der Waals surface area contributed by atoms with Crippen molar-refractivity contribution >= 4 is 22.6 Å². The zero-order valence-corrected chi connectivity index (χ0v) is 19.2. The molecule has 1 aliphatic rings. The predicted molar refractivity (Wildman–Crippen MR) is 129 cm³/mol. The molecule has 1 aliphatic heterocycles. The third-order valence-corrected chi connectivity index (χ3v) is 6.54. The number of hydrogen-bond acceptors (Lipinski definition) is 3. The largest absolute Gasteiger partial charge is 0.340 e. The van der Waals surface area contributed by atoms with Gasteiger partial charge in [0.2, 0.25) is 5.91 Å². The van der Waals surface area contributed by atoms with Crippen LogP contribution in [-0.4, -0.2) is 37.7 Å². The van der Waals surface area contributed by atoms with Crippen LogP contribution in [0.15, 0.2) is 60.9 Å². The van der Waals surface area contributed by atoms with Crippen LogP contribution in [0, 0.1) is 12.8 Å². The van der Waals surface area contributed by atoms with E-state index in [-0.39, 0.29) is 24.3 Å². The molecule has 0 radical (unpaired) electrons. The summed E-state index contributed by atoms with van der Waals surface area (Å²) in [6, 6.07) is 16.0. The second kappa shape index (κ2) is 8.35. The molecule has 0 spiro atoms. The average Bonchev–Trinajstić information content (AvgIpc) is 3.51. The van der Waals surface area contributed by atoms with Crippen LogP contribution < -0.4 is 0 Å². The lowest BCUT2D eigenvalue weighted by atomic mass is 10.1. The number of aromatic nitrogens is 3. The molecule has 168 valence electrons. The first-order valence-corrected chi connectivity index (χ1v) is 11.4. The second-order valence-corrected chi connectivity index (χ2v) is 9.20. The Labute approximate surface area is 193 Å². The first-order chi connectivity index (χ1) is 15.9. The van der Waals surface area contributed by atoms with Crippen LogP contribution in [-0.2, 0) is 11.3 Å². The Morgan fingerprint density at radius 3 is 2.76 bits per heavy atom. The van der Waals surface area contributed by atoms with Crippen molar-refractivity contribution in [2.24, 2.45) is 5.92 Å². The molecule has 2 aromatic carbocycles. The van der Waals surface area contributed by atoms with Crippen molar-refractivity contribution in [1.82, 2.24) is 19.4 Å². The fraction of sp³-hybridized carbons (Fsp3) is 0.296. The lowest BCUT2D eigenvalue weighted by molar-refractivity contribution is -0.133. The highest BCUT2D eigenvalue weighted by molar-refractivity contribution is 6.07. The molecular formula is C27H28N4O2. The van der Waals surface area contributed by atoms with Crippen molar-refractivity contribution in [2.75, 3.05) is 6.54 Å². The van der Waals surface area contributed by atoms with Gasteiger partial charge in [0.05, 0.1) is 17.9 Å². The molecule has 0 saturated carbocycles. The van der Waals surface area contributed by atoms with Crippen molar-refractivity contribution in [2.45, 2.75) is 39.8 Å². The van der Waals surface area contributed by atoms with E-state index in [9.17, 15) is 9.59 Å². The van der Waals surface area contributed by atoms with Gasteiger partial charge in [0.1, 0.15) is 12.4 Å². The summed E-state index contributed by atoms with van der Waals surface area (Å²) in [4.78, 5) is 35.6. The molecule has 1 N–H and O–H groups in total. The summed E-state index contributed by atoms with van der Waals surface area (Å²) in [6.45, 7) is 6.70. The summed E-state index contributed by atoms with van der Waals surface area (Å²) < 4.78 is 1.90. The number of aromatic amines is 1. The Balaban J connectivity index is 1.42. The molecule has 1 amide bonds. The molecule has 1 unspecified atom stereocenters. The SMILES string of the molecule is CC(=O)c1cn(CC(=O)N2CC(C)C[C@H]2c2ncc(-c3cccc(C)c3)[nH]2)c2ccccc12. The quantitative estimate of drug-likeness (QED) is 0.436. The number of nitrogens with zero attached hydrogens (tertiary/aromatic N) is 3. The summed E-state index contributed by atoms with van der Waals surface area (Å²) in [5, 5.41) is 0.887. The van der Waals surface area contributed by atoms with E-state index in [1.54, 1.807) is 6.92 Å². The topological polar surface area (TPSA) is 71.0 Å². The van der Waals surface area contributed by atoms with Crippen LogP contribution in [0.2, 0.25) is 0 Å². The van der Waals surface area contributed by atoms with Gasteiger partial charge in [0, 0.05) is 29.2 Å². The highest BCUT2D eigenvalue weighted by Crippen LogP contribution is 2.35. The van der Waals surface area contributed by atoms with Gasteiger partial charge in [0.15, 0.2) is 5.78 Å². The number of para-hydroxylation sites is 1.